The molecule has 0 bridgehead atoms. The molecule has 1 aliphatic rings. The predicted octanol–water partition coefficient (Wildman–Crippen LogP) is 3.47. The molecule has 0 radical (unpaired) electrons. The van der Waals surface area contributed by atoms with Crippen molar-refractivity contribution >= 4 is 5.71 Å². The highest BCUT2D eigenvalue weighted by atomic mass is 15.1. The topological polar surface area (TPSA) is 27.6 Å². The van der Waals surface area contributed by atoms with Gasteiger partial charge in [-0.1, -0.05) is 6.08 Å². The standard InChI is InChI=1S/C16H27N3/c1-11(2)17-13(5)15-9-8-10-16(19(15)7)14(6)18-12(3)4/h8-12,17H,1-7H3/b15-13-,18-14?/i5D3,6D3. The van der Waals surface area contributed by atoms with E-state index in [0.29, 0.717) is 11.4 Å². The van der Waals surface area contributed by atoms with Crippen LogP contribution in [0.15, 0.2) is 40.3 Å². The van der Waals surface area contributed by atoms with Gasteiger partial charge in [0.25, 0.3) is 0 Å². The Morgan fingerprint density at radius 2 is 2.05 bits per heavy atom. The van der Waals surface area contributed by atoms with Gasteiger partial charge >= 0.3 is 0 Å². The lowest BCUT2D eigenvalue weighted by Crippen LogP contribution is -2.29. The Balaban J connectivity index is 3.48. The van der Waals surface area contributed by atoms with Crippen molar-refractivity contribution in [2.45, 2.75) is 53.5 Å². The first-order valence-corrected chi connectivity index (χ1v) is 6.47. The van der Waals surface area contributed by atoms with Gasteiger partial charge in [0.1, 0.15) is 0 Å². The Hall–Kier alpha value is -1.51. The molecule has 0 amide bonds. The molecule has 0 saturated heterocycles. The van der Waals surface area contributed by atoms with E-state index in [2.05, 4.69) is 10.3 Å². The second-order valence-corrected chi connectivity index (χ2v) is 5.10. The van der Waals surface area contributed by atoms with Gasteiger partial charge < -0.3 is 10.2 Å². The number of hydrogen-bond donors (Lipinski definition) is 1. The van der Waals surface area contributed by atoms with Crippen molar-refractivity contribution in [3.8, 4) is 0 Å². The van der Waals surface area contributed by atoms with Crippen molar-refractivity contribution in [3.63, 3.8) is 0 Å². The summed E-state index contributed by atoms with van der Waals surface area (Å²) in [6, 6.07) is -0.274. The summed E-state index contributed by atoms with van der Waals surface area (Å²) in [5.74, 6) is 0. The van der Waals surface area contributed by atoms with Gasteiger partial charge in [0.15, 0.2) is 0 Å². The van der Waals surface area contributed by atoms with Crippen LogP contribution in [0, 0.1) is 0 Å². The molecule has 0 aromatic heterocycles. The largest absolute Gasteiger partial charge is 0.385 e. The fourth-order valence-electron chi connectivity index (χ4n) is 1.76. The van der Waals surface area contributed by atoms with Gasteiger partial charge in [-0.3, -0.25) is 4.99 Å². The highest BCUT2D eigenvalue weighted by Crippen LogP contribution is 2.21. The molecule has 0 saturated carbocycles. The Kier molecular flexibility index (Phi) is 2.99. The SMILES string of the molecule is [2H]C([2H])([2H])C(=NC(C)C)C1=CC=C/C(=C(/NC(C)C)C([2H])([2H])[2H])N1C. The second-order valence-electron chi connectivity index (χ2n) is 5.10. The highest BCUT2D eigenvalue weighted by molar-refractivity contribution is 5.98. The Bertz CT molecular complexity index is 606. The molecule has 3 nitrogen and oxygen atoms in total. The van der Waals surface area contributed by atoms with E-state index in [9.17, 15) is 0 Å². The minimum absolute atomic E-state index is 0.0266. The average molecular weight is 267 g/mol. The highest BCUT2D eigenvalue weighted by Gasteiger charge is 2.16. The van der Waals surface area contributed by atoms with E-state index in [1.807, 2.05) is 13.8 Å². The fourth-order valence-corrected chi connectivity index (χ4v) is 1.76. The normalized spacial score (nSPS) is 25.1. The Morgan fingerprint density at radius 1 is 1.32 bits per heavy atom. The van der Waals surface area contributed by atoms with Crippen LogP contribution in [-0.4, -0.2) is 29.7 Å². The number of rotatable bonds is 4. The first kappa shape index (κ1) is 8.62. The van der Waals surface area contributed by atoms with Crippen molar-refractivity contribution in [1.82, 2.24) is 10.2 Å². The maximum atomic E-state index is 7.81. The summed E-state index contributed by atoms with van der Waals surface area (Å²) < 4.78 is 46.8. The van der Waals surface area contributed by atoms with E-state index in [0.717, 1.165) is 0 Å². The van der Waals surface area contributed by atoms with Crippen molar-refractivity contribution in [3.05, 3.63) is 35.3 Å². The van der Waals surface area contributed by atoms with Crippen LogP contribution in [0.3, 0.4) is 0 Å². The van der Waals surface area contributed by atoms with E-state index < -0.39 is 13.7 Å². The third-order valence-corrected chi connectivity index (χ3v) is 2.55. The first-order valence-electron chi connectivity index (χ1n) is 9.47. The molecule has 0 atom stereocenters. The van der Waals surface area contributed by atoms with Gasteiger partial charge in [0, 0.05) is 33.1 Å². The summed E-state index contributed by atoms with van der Waals surface area (Å²) in [6.07, 6.45) is 4.96. The second kappa shape index (κ2) is 6.60. The third-order valence-electron chi connectivity index (χ3n) is 2.55. The Morgan fingerprint density at radius 3 is 2.58 bits per heavy atom. The predicted molar refractivity (Wildman–Crippen MR) is 84.2 cm³/mol. The summed E-state index contributed by atoms with van der Waals surface area (Å²) in [4.78, 5) is 5.84. The zero-order valence-corrected chi connectivity index (χ0v) is 12.3. The average Bonchev–Trinajstić information content (AvgIpc) is 2.40. The van der Waals surface area contributed by atoms with E-state index in [4.69, 9.17) is 8.22 Å². The minimum atomic E-state index is -2.40. The van der Waals surface area contributed by atoms with Crippen molar-refractivity contribution in [1.29, 1.82) is 0 Å². The molecule has 0 aromatic rings. The van der Waals surface area contributed by atoms with Crippen molar-refractivity contribution < 1.29 is 8.22 Å². The van der Waals surface area contributed by atoms with Gasteiger partial charge in [-0.25, -0.2) is 0 Å². The number of allylic oxidation sites excluding steroid dienone is 5. The van der Waals surface area contributed by atoms with Crippen molar-refractivity contribution in [2.75, 3.05) is 7.05 Å². The lowest BCUT2D eigenvalue weighted by molar-refractivity contribution is 0.532. The molecule has 0 spiro atoms. The number of nitrogens with one attached hydrogen (secondary N) is 1. The van der Waals surface area contributed by atoms with Crippen LogP contribution in [0.1, 0.15) is 49.6 Å². The maximum absolute atomic E-state index is 7.81. The van der Waals surface area contributed by atoms with E-state index in [1.165, 1.54) is 0 Å². The molecule has 0 fully saturated rings. The lowest BCUT2D eigenvalue weighted by atomic mass is 10.1. The van der Waals surface area contributed by atoms with Crippen LogP contribution in [0.4, 0.5) is 0 Å². The van der Waals surface area contributed by atoms with E-state index in [1.54, 1.807) is 44.0 Å². The smallest absolute Gasteiger partial charge is 0.0619 e. The lowest BCUT2D eigenvalue weighted by Gasteiger charge is -2.29. The van der Waals surface area contributed by atoms with Gasteiger partial charge in [-0.2, -0.15) is 0 Å². The maximum Gasteiger partial charge on any atom is 0.0619 e. The molecule has 106 valence electrons. The first-order chi connectivity index (χ1) is 11.2. The molecule has 0 aromatic carbocycles. The zero-order valence-electron chi connectivity index (χ0n) is 18.3. The number of aliphatic imine (C=N–C) groups is 1. The van der Waals surface area contributed by atoms with Crippen LogP contribution in [0.2, 0.25) is 0 Å². The van der Waals surface area contributed by atoms with Gasteiger partial charge in [0.2, 0.25) is 0 Å². The minimum Gasteiger partial charge on any atom is -0.385 e. The number of likely N-dealkylation sites (N-methyl/N-ethyl adjacent to an activating group) is 1. The van der Waals surface area contributed by atoms with Gasteiger partial charge in [-0.05, 0) is 53.6 Å². The molecule has 1 aliphatic heterocycles. The monoisotopic (exact) mass is 267 g/mol. The summed E-state index contributed by atoms with van der Waals surface area (Å²) >= 11 is 0. The number of nitrogens with zero attached hydrogens (tertiary/aromatic N) is 2. The molecule has 3 heteroatoms. The molecular weight excluding hydrogens is 234 g/mol. The molecule has 1 rings (SSSR count). The quantitative estimate of drug-likeness (QED) is 0.790. The van der Waals surface area contributed by atoms with E-state index in [-0.39, 0.29) is 23.5 Å². The van der Waals surface area contributed by atoms with Crippen LogP contribution >= 0.6 is 0 Å². The fraction of sp³-hybridized carbons (Fsp3) is 0.562. The summed E-state index contributed by atoms with van der Waals surface area (Å²) in [6.45, 7) is 2.56. The third kappa shape index (κ3) is 4.27. The van der Waals surface area contributed by atoms with Gasteiger partial charge in [0.05, 0.1) is 17.1 Å². The molecule has 0 unspecified atom stereocenters. The Labute approximate surface area is 126 Å². The zero-order chi connectivity index (χ0) is 19.6. The van der Waals surface area contributed by atoms with Crippen LogP contribution in [-0.2, 0) is 0 Å². The number of hydrogen-bond acceptors (Lipinski definition) is 3. The van der Waals surface area contributed by atoms with Crippen LogP contribution in [0.25, 0.3) is 0 Å². The summed E-state index contributed by atoms with van der Waals surface area (Å²) in [5.41, 5.74) is 0.841. The van der Waals surface area contributed by atoms with E-state index >= 15 is 0 Å². The van der Waals surface area contributed by atoms with Crippen LogP contribution < -0.4 is 5.32 Å². The molecule has 1 heterocycles. The van der Waals surface area contributed by atoms with Crippen LogP contribution in [0.5, 0.6) is 0 Å². The summed E-state index contributed by atoms with van der Waals surface area (Å²) in [7, 11) is 1.65. The molecule has 0 aliphatic carbocycles. The summed E-state index contributed by atoms with van der Waals surface area (Å²) in [5, 5.41) is 2.98. The van der Waals surface area contributed by atoms with Gasteiger partial charge in [-0.15, -0.1) is 0 Å². The molecular formula is C16H27N3. The van der Waals surface area contributed by atoms with Crippen molar-refractivity contribution in [2.24, 2.45) is 4.99 Å². The molecule has 19 heavy (non-hydrogen) atoms. The molecule has 1 N–H and O–H groups in total.